The van der Waals surface area contributed by atoms with Crippen LogP contribution in [0.4, 0.5) is 11.4 Å². The molecule has 118 valence electrons. The van der Waals surface area contributed by atoms with E-state index in [2.05, 4.69) is 4.90 Å². The van der Waals surface area contributed by atoms with E-state index in [4.69, 9.17) is 0 Å². The monoisotopic (exact) mass is 303 g/mol. The van der Waals surface area contributed by atoms with Gasteiger partial charge in [-0.1, -0.05) is 0 Å². The summed E-state index contributed by atoms with van der Waals surface area (Å²) in [6.45, 7) is 3.76. The molecule has 6 nitrogen and oxygen atoms in total. The largest absolute Gasteiger partial charge is 0.311 e. The first kappa shape index (κ1) is 15.0. The van der Waals surface area contributed by atoms with Gasteiger partial charge in [-0.25, -0.2) is 0 Å². The molecule has 0 aliphatic carbocycles. The number of rotatable bonds is 4. The van der Waals surface area contributed by atoms with Gasteiger partial charge in [-0.3, -0.25) is 14.9 Å². The van der Waals surface area contributed by atoms with E-state index >= 15 is 0 Å². The van der Waals surface area contributed by atoms with Crippen LogP contribution in [0.5, 0.6) is 0 Å². The molecule has 0 aromatic heterocycles. The van der Waals surface area contributed by atoms with Gasteiger partial charge < -0.3 is 9.80 Å². The number of nitrogens with zero attached hydrogens (tertiary/aromatic N) is 3. The minimum absolute atomic E-state index is 0.104. The number of carbonyl (C=O) groups is 1. The number of amides is 1. The van der Waals surface area contributed by atoms with Gasteiger partial charge in [0.1, 0.15) is 0 Å². The molecular formula is C16H21N3O3. The van der Waals surface area contributed by atoms with Crippen molar-refractivity contribution in [2.75, 3.05) is 31.1 Å². The summed E-state index contributed by atoms with van der Waals surface area (Å²) >= 11 is 0. The maximum atomic E-state index is 12.4. The van der Waals surface area contributed by atoms with Crippen LogP contribution < -0.4 is 4.90 Å². The lowest BCUT2D eigenvalue weighted by Gasteiger charge is -2.25. The van der Waals surface area contributed by atoms with Gasteiger partial charge in [0, 0.05) is 37.3 Å². The van der Waals surface area contributed by atoms with Gasteiger partial charge in [0.15, 0.2) is 0 Å². The number of nitro benzene ring substituents is 1. The van der Waals surface area contributed by atoms with Gasteiger partial charge in [0.25, 0.3) is 5.69 Å². The van der Waals surface area contributed by atoms with Gasteiger partial charge in [-0.15, -0.1) is 0 Å². The molecule has 22 heavy (non-hydrogen) atoms. The lowest BCUT2D eigenvalue weighted by Crippen LogP contribution is -2.37. The third-order valence-electron chi connectivity index (χ3n) is 4.54. The lowest BCUT2D eigenvalue weighted by molar-refractivity contribution is -0.384. The molecule has 3 rings (SSSR count). The predicted octanol–water partition coefficient (Wildman–Crippen LogP) is 2.36. The van der Waals surface area contributed by atoms with Crippen LogP contribution in [0.1, 0.15) is 31.2 Å². The highest BCUT2D eigenvalue weighted by molar-refractivity contribution is 5.95. The van der Waals surface area contributed by atoms with Crippen molar-refractivity contribution in [2.45, 2.75) is 32.1 Å². The summed E-state index contributed by atoms with van der Waals surface area (Å²) in [5, 5.41) is 10.9. The molecule has 0 saturated carbocycles. The van der Waals surface area contributed by atoms with E-state index < -0.39 is 0 Å². The Bertz CT molecular complexity index is 582. The van der Waals surface area contributed by atoms with Crippen molar-refractivity contribution in [3.63, 3.8) is 0 Å². The second-order valence-corrected chi connectivity index (χ2v) is 6.02. The molecule has 1 amide bonds. The average molecular weight is 303 g/mol. The van der Waals surface area contributed by atoms with Gasteiger partial charge >= 0.3 is 0 Å². The zero-order valence-corrected chi connectivity index (χ0v) is 12.7. The summed E-state index contributed by atoms with van der Waals surface area (Å²) in [6.07, 6.45) is 4.46. The van der Waals surface area contributed by atoms with Crippen LogP contribution in [0.3, 0.4) is 0 Å². The summed E-state index contributed by atoms with van der Waals surface area (Å²) in [6, 6.07) is 4.86. The number of hydrogen-bond acceptors (Lipinski definition) is 4. The number of benzene rings is 1. The lowest BCUT2D eigenvalue weighted by atomic mass is 10.1. The van der Waals surface area contributed by atoms with Gasteiger partial charge in [-0.05, 0) is 50.4 Å². The van der Waals surface area contributed by atoms with Crippen LogP contribution in [0.15, 0.2) is 18.2 Å². The second-order valence-electron chi connectivity index (χ2n) is 6.02. The molecular weight excluding hydrogens is 282 g/mol. The highest BCUT2D eigenvalue weighted by atomic mass is 16.6. The van der Waals surface area contributed by atoms with Crippen LogP contribution in [0.2, 0.25) is 0 Å². The number of nitro groups is 1. The van der Waals surface area contributed by atoms with E-state index in [0.717, 1.165) is 43.7 Å². The summed E-state index contributed by atoms with van der Waals surface area (Å²) in [5.74, 6) is 0.131. The van der Waals surface area contributed by atoms with Crippen LogP contribution >= 0.6 is 0 Å². The Morgan fingerprint density at radius 1 is 1.09 bits per heavy atom. The van der Waals surface area contributed by atoms with Crippen molar-refractivity contribution in [1.29, 1.82) is 0 Å². The van der Waals surface area contributed by atoms with E-state index in [9.17, 15) is 14.9 Å². The molecule has 2 aliphatic heterocycles. The zero-order valence-electron chi connectivity index (χ0n) is 12.7. The van der Waals surface area contributed by atoms with E-state index in [1.54, 1.807) is 12.1 Å². The Morgan fingerprint density at radius 3 is 2.59 bits per heavy atom. The third kappa shape index (κ3) is 3.11. The van der Waals surface area contributed by atoms with Crippen LogP contribution in [-0.2, 0) is 11.2 Å². The van der Waals surface area contributed by atoms with Crippen LogP contribution in [0, 0.1) is 10.1 Å². The molecule has 2 aliphatic rings. The topological polar surface area (TPSA) is 66.7 Å². The number of non-ortho nitro benzene ring substituents is 1. The minimum atomic E-state index is -0.373. The first-order chi connectivity index (χ1) is 10.6. The quantitative estimate of drug-likeness (QED) is 0.632. The standard InChI is InChI=1S/C16H21N3O3/c20-16-5-3-4-13-12-14(19(21)22)6-7-15(13)18(16)11-10-17-8-1-2-9-17/h6-7,12H,1-5,8-11H2. The second kappa shape index (κ2) is 6.44. The summed E-state index contributed by atoms with van der Waals surface area (Å²) in [7, 11) is 0. The normalized spacial score (nSPS) is 19.1. The molecule has 0 unspecified atom stereocenters. The zero-order chi connectivity index (χ0) is 15.5. The number of hydrogen-bond donors (Lipinski definition) is 0. The first-order valence-electron chi connectivity index (χ1n) is 7.95. The van der Waals surface area contributed by atoms with Gasteiger partial charge in [0.2, 0.25) is 5.91 Å². The number of anilines is 1. The number of fused-ring (bicyclic) bond motifs is 1. The molecule has 1 aromatic carbocycles. The predicted molar refractivity (Wildman–Crippen MR) is 84.1 cm³/mol. The molecule has 6 heteroatoms. The van der Waals surface area contributed by atoms with Crippen LogP contribution in [-0.4, -0.2) is 41.9 Å². The minimum Gasteiger partial charge on any atom is -0.311 e. The summed E-state index contributed by atoms with van der Waals surface area (Å²) in [4.78, 5) is 27.1. The Hall–Kier alpha value is -1.95. The maximum absolute atomic E-state index is 12.4. The first-order valence-corrected chi connectivity index (χ1v) is 7.95. The van der Waals surface area contributed by atoms with Crippen molar-refractivity contribution < 1.29 is 9.72 Å². The molecule has 0 spiro atoms. The van der Waals surface area contributed by atoms with Crippen molar-refractivity contribution in [1.82, 2.24) is 4.90 Å². The van der Waals surface area contributed by atoms with Crippen molar-refractivity contribution in [3.8, 4) is 0 Å². The smallest absolute Gasteiger partial charge is 0.269 e. The summed E-state index contributed by atoms with van der Waals surface area (Å²) < 4.78 is 0. The fourth-order valence-corrected chi connectivity index (χ4v) is 3.34. The van der Waals surface area contributed by atoms with Gasteiger partial charge in [0.05, 0.1) is 4.92 Å². The van der Waals surface area contributed by atoms with Crippen LogP contribution in [0.25, 0.3) is 0 Å². The molecule has 1 saturated heterocycles. The highest BCUT2D eigenvalue weighted by Gasteiger charge is 2.24. The Balaban J connectivity index is 1.81. The number of carbonyl (C=O) groups excluding carboxylic acids is 1. The molecule has 0 bridgehead atoms. The molecule has 1 aromatic rings. The summed E-state index contributed by atoms with van der Waals surface area (Å²) in [5.41, 5.74) is 1.88. The molecule has 0 N–H and O–H groups in total. The van der Waals surface area contributed by atoms with E-state index in [-0.39, 0.29) is 16.5 Å². The molecule has 0 atom stereocenters. The fraction of sp³-hybridized carbons (Fsp3) is 0.562. The van der Waals surface area contributed by atoms with Gasteiger partial charge in [-0.2, -0.15) is 0 Å². The number of aryl methyl sites for hydroxylation is 1. The van der Waals surface area contributed by atoms with E-state index in [1.165, 1.54) is 18.9 Å². The third-order valence-corrected chi connectivity index (χ3v) is 4.54. The van der Waals surface area contributed by atoms with Crippen molar-refractivity contribution in [3.05, 3.63) is 33.9 Å². The maximum Gasteiger partial charge on any atom is 0.269 e. The van der Waals surface area contributed by atoms with Crippen molar-refractivity contribution >= 4 is 17.3 Å². The molecule has 2 heterocycles. The Labute approximate surface area is 129 Å². The average Bonchev–Trinajstić information content (AvgIpc) is 2.96. The van der Waals surface area contributed by atoms with E-state index in [1.807, 2.05) is 4.90 Å². The van der Waals surface area contributed by atoms with E-state index in [0.29, 0.717) is 13.0 Å². The number of likely N-dealkylation sites (tertiary alicyclic amines) is 1. The Morgan fingerprint density at radius 2 is 1.86 bits per heavy atom. The SMILES string of the molecule is O=C1CCCc2cc([N+](=O)[O-])ccc2N1CCN1CCCC1. The highest BCUT2D eigenvalue weighted by Crippen LogP contribution is 2.30. The fourth-order valence-electron chi connectivity index (χ4n) is 3.34. The molecule has 0 radical (unpaired) electrons. The van der Waals surface area contributed by atoms with Crippen molar-refractivity contribution in [2.24, 2.45) is 0 Å². The molecule has 1 fully saturated rings. The Kier molecular flexibility index (Phi) is 4.38.